The lowest BCUT2D eigenvalue weighted by Crippen LogP contribution is -2.32. The lowest BCUT2D eigenvalue weighted by atomic mass is 9.70. The maximum absolute atomic E-state index is 11.2. The summed E-state index contributed by atoms with van der Waals surface area (Å²) in [6, 6.07) is 3.77. The average molecular weight is 440 g/mol. The zero-order chi connectivity index (χ0) is 23.5. The number of hydrogen-bond donors (Lipinski definition) is 2. The highest BCUT2D eigenvalue weighted by Gasteiger charge is 2.33. The number of aromatic nitrogens is 3. The van der Waals surface area contributed by atoms with Gasteiger partial charge < -0.3 is 15.1 Å². The maximum atomic E-state index is 11.2. The first-order valence-corrected chi connectivity index (χ1v) is 11.5. The number of nitrogens with one attached hydrogen (secondary N) is 2. The number of amides is 1. The van der Waals surface area contributed by atoms with Gasteiger partial charge in [-0.25, -0.2) is 4.98 Å². The van der Waals surface area contributed by atoms with Gasteiger partial charge in [0.15, 0.2) is 0 Å². The fourth-order valence-corrected chi connectivity index (χ4v) is 4.35. The Morgan fingerprint density at radius 1 is 1.25 bits per heavy atom. The van der Waals surface area contributed by atoms with Gasteiger partial charge in [0, 0.05) is 25.3 Å². The molecular formula is C25H37N5O2. The van der Waals surface area contributed by atoms with E-state index in [9.17, 15) is 4.79 Å². The number of rotatable bonds is 7. The van der Waals surface area contributed by atoms with Crippen molar-refractivity contribution in [2.24, 2.45) is 23.7 Å². The fraction of sp³-hybridized carbons (Fsp3) is 0.600. The molecule has 0 aliphatic heterocycles. The van der Waals surface area contributed by atoms with Crippen LogP contribution in [0.1, 0.15) is 66.7 Å². The number of pyridine rings is 1. The molecule has 174 valence electrons. The Bertz CT molecular complexity index is 940. The topological polar surface area (TPSA) is 92.9 Å². The Hall–Kier alpha value is -2.70. The normalized spacial score (nSPS) is 21.4. The molecule has 2 heterocycles. The van der Waals surface area contributed by atoms with Gasteiger partial charge in [0.1, 0.15) is 5.82 Å². The minimum Gasteiger partial charge on any atom is -0.425 e. The molecule has 3 unspecified atom stereocenters. The Morgan fingerprint density at radius 2 is 2.00 bits per heavy atom. The van der Waals surface area contributed by atoms with Gasteiger partial charge in [0.25, 0.3) is 0 Å². The highest BCUT2D eigenvalue weighted by molar-refractivity contribution is 5.87. The summed E-state index contributed by atoms with van der Waals surface area (Å²) in [5.74, 6) is 3.87. The minimum absolute atomic E-state index is 0.120. The predicted molar refractivity (Wildman–Crippen MR) is 127 cm³/mol. The van der Waals surface area contributed by atoms with Crippen LogP contribution in [-0.4, -0.2) is 27.6 Å². The lowest BCUT2D eigenvalue weighted by molar-refractivity contribution is -0.114. The highest BCUT2D eigenvalue weighted by atomic mass is 16.4. The van der Waals surface area contributed by atoms with Gasteiger partial charge in [-0.05, 0) is 49.1 Å². The van der Waals surface area contributed by atoms with Crippen molar-refractivity contribution >= 4 is 17.4 Å². The predicted octanol–water partition coefficient (Wildman–Crippen LogP) is 5.23. The first-order valence-electron chi connectivity index (χ1n) is 11.5. The smallest absolute Gasteiger partial charge is 0.222 e. The lowest BCUT2D eigenvalue weighted by Gasteiger charge is -2.37. The molecule has 0 aromatic carbocycles. The Labute approximate surface area is 191 Å². The standard InChI is InChI=1S/C25H37N5O2/c1-15(2)21-11-18(12-23-29-30-24(32-23)25(5,6)7)16(3)10-19(21)13-26-20-8-9-22(27-14-20)28-17(4)31/h8-10,14-15,18-19,21,26H,11-13H2,1-7H3,(H,27,28,31). The summed E-state index contributed by atoms with van der Waals surface area (Å²) in [4.78, 5) is 15.5. The molecule has 3 rings (SSSR count). The molecule has 1 aliphatic carbocycles. The molecule has 0 bridgehead atoms. The third-order valence-electron chi connectivity index (χ3n) is 6.22. The fourth-order valence-electron chi connectivity index (χ4n) is 4.35. The molecule has 7 nitrogen and oxygen atoms in total. The van der Waals surface area contributed by atoms with Crippen molar-refractivity contribution in [2.45, 2.75) is 66.7 Å². The van der Waals surface area contributed by atoms with Crippen molar-refractivity contribution in [3.63, 3.8) is 0 Å². The van der Waals surface area contributed by atoms with Crippen molar-refractivity contribution < 1.29 is 9.21 Å². The van der Waals surface area contributed by atoms with Gasteiger partial charge >= 0.3 is 0 Å². The van der Waals surface area contributed by atoms with Gasteiger partial charge in [0.2, 0.25) is 17.7 Å². The summed E-state index contributed by atoms with van der Waals surface area (Å²) >= 11 is 0. The molecule has 0 spiro atoms. The molecule has 2 aromatic heterocycles. The summed E-state index contributed by atoms with van der Waals surface area (Å²) in [5.41, 5.74) is 2.22. The second kappa shape index (κ2) is 9.84. The van der Waals surface area contributed by atoms with Crippen molar-refractivity contribution in [3.05, 3.63) is 41.8 Å². The summed E-state index contributed by atoms with van der Waals surface area (Å²) in [7, 11) is 0. The third-order valence-corrected chi connectivity index (χ3v) is 6.22. The van der Waals surface area contributed by atoms with Crippen molar-refractivity contribution in [2.75, 3.05) is 17.2 Å². The van der Waals surface area contributed by atoms with E-state index in [1.165, 1.54) is 12.5 Å². The molecule has 32 heavy (non-hydrogen) atoms. The van der Waals surface area contributed by atoms with Crippen LogP contribution in [0.25, 0.3) is 0 Å². The molecule has 1 amide bonds. The van der Waals surface area contributed by atoms with Crippen LogP contribution in [0.3, 0.4) is 0 Å². The van der Waals surface area contributed by atoms with Crippen LogP contribution in [0.5, 0.6) is 0 Å². The SMILES string of the molecule is CC(=O)Nc1ccc(NCC2C=C(C)C(Cc3nnc(C(C)(C)C)o3)CC2C(C)C)cn1. The van der Waals surface area contributed by atoms with Gasteiger partial charge in [-0.2, -0.15) is 0 Å². The van der Waals surface area contributed by atoms with E-state index < -0.39 is 0 Å². The molecule has 0 saturated heterocycles. The van der Waals surface area contributed by atoms with Crippen LogP contribution in [0.2, 0.25) is 0 Å². The van der Waals surface area contributed by atoms with E-state index in [0.29, 0.717) is 35.4 Å². The van der Waals surface area contributed by atoms with Gasteiger partial charge in [0.05, 0.1) is 11.9 Å². The van der Waals surface area contributed by atoms with Crippen LogP contribution in [0, 0.1) is 23.7 Å². The van der Waals surface area contributed by atoms with Gasteiger partial charge in [-0.15, -0.1) is 10.2 Å². The Morgan fingerprint density at radius 3 is 2.56 bits per heavy atom. The van der Waals surface area contributed by atoms with Gasteiger partial charge in [-0.1, -0.05) is 46.3 Å². The average Bonchev–Trinajstić information content (AvgIpc) is 3.17. The summed E-state index contributed by atoms with van der Waals surface area (Å²) in [6.07, 6.45) is 6.09. The third kappa shape index (κ3) is 6.17. The minimum atomic E-state index is -0.130. The van der Waals surface area contributed by atoms with E-state index >= 15 is 0 Å². The molecule has 0 radical (unpaired) electrons. The van der Waals surface area contributed by atoms with E-state index in [1.807, 2.05) is 12.1 Å². The number of hydrogen-bond acceptors (Lipinski definition) is 6. The van der Waals surface area contributed by atoms with Crippen LogP contribution in [0.15, 0.2) is 34.4 Å². The molecular weight excluding hydrogens is 402 g/mol. The van der Waals surface area contributed by atoms with E-state index in [0.717, 1.165) is 31.0 Å². The van der Waals surface area contributed by atoms with E-state index in [2.05, 4.69) is 73.4 Å². The molecule has 1 aliphatic rings. The van der Waals surface area contributed by atoms with Crippen molar-refractivity contribution in [1.29, 1.82) is 0 Å². The second-order valence-electron chi connectivity index (χ2n) is 10.4. The quantitative estimate of drug-likeness (QED) is 0.574. The number of anilines is 2. The Kier molecular flexibility index (Phi) is 7.36. The van der Waals surface area contributed by atoms with Crippen molar-refractivity contribution in [3.8, 4) is 0 Å². The van der Waals surface area contributed by atoms with E-state index in [1.54, 1.807) is 6.20 Å². The number of carbonyl (C=O) groups is 1. The molecule has 2 aromatic rings. The number of carbonyl (C=O) groups excluding carboxylic acids is 1. The van der Waals surface area contributed by atoms with E-state index in [4.69, 9.17) is 4.42 Å². The molecule has 2 N–H and O–H groups in total. The zero-order valence-electron chi connectivity index (χ0n) is 20.4. The molecule has 3 atom stereocenters. The highest BCUT2D eigenvalue weighted by Crippen LogP contribution is 2.39. The summed E-state index contributed by atoms with van der Waals surface area (Å²) in [6.45, 7) is 15.4. The summed E-state index contributed by atoms with van der Waals surface area (Å²) < 4.78 is 5.97. The monoisotopic (exact) mass is 439 g/mol. The molecule has 0 fully saturated rings. The first-order chi connectivity index (χ1) is 15.0. The van der Waals surface area contributed by atoms with Crippen LogP contribution in [-0.2, 0) is 16.6 Å². The largest absolute Gasteiger partial charge is 0.425 e. The number of allylic oxidation sites excluding steroid dienone is 1. The van der Waals surface area contributed by atoms with E-state index in [-0.39, 0.29) is 11.3 Å². The van der Waals surface area contributed by atoms with Crippen LogP contribution >= 0.6 is 0 Å². The van der Waals surface area contributed by atoms with Crippen LogP contribution in [0.4, 0.5) is 11.5 Å². The zero-order valence-corrected chi connectivity index (χ0v) is 20.4. The maximum Gasteiger partial charge on any atom is 0.222 e. The molecule has 0 saturated carbocycles. The second-order valence-corrected chi connectivity index (χ2v) is 10.4. The Balaban J connectivity index is 1.66. The first kappa shape index (κ1) is 24.0. The van der Waals surface area contributed by atoms with Crippen LogP contribution < -0.4 is 10.6 Å². The number of nitrogens with zero attached hydrogens (tertiary/aromatic N) is 3. The summed E-state index contributed by atoms with van der Waals surface area (Å²) in [5, 5.41) is 14.8. The van der Waals surface area contributed by atoms with Crippen molar-refractivity contribution in [1.82, 2.24) is 15.2 Å². The molecule has 7 heteroatoms. The van der Waals surface area contributed by atoms with Gasteiger partial charge in [-0.3, -0.25) is 4.79 Å².